The SMILES string of the molecule is CCCC(CCO)CNC(=NCc1cc(OC)c(OC)cc1Br)NCC. The Bertz CT molecular complexity index is 561. The molecule has 0 amide bonds. The highest BCUT2D eigenvalue weighted by Crippen LogP contribution is 2.33. The summed E-state index contributed by atoms with van der Waals surface area (Å²) in [6.07, 6.45) is 3.01. The second-order valence-corrected chi connectivity index (χ2v) is 6.90. The van der Waals surface area contributed by atoms with Gasteiger partial charge in [-0.25, -0.2) is 4.99 Å². The number of methoxy groups -OCH3 is 2. The average Bonchev–Trinajstić information content (AvgIpc) is 2.64. The molecule has 0 heterocycles. The summed E-state index contributed by atoms with van der Waals surface area (Å²) in [5.41, 5.74) is 1.01. The zero-order chi connectivity index (χ0) is 19.4. The number of nitrogens with zero attached hydrogens (tertiary/aromatic N) is 1. The number of benzene rings is 1. The van der Waals surface area contributed by atoms with E-state index < -0.39 is 0 Å². The number of aliphatic hydroxyl groups excluding tert-OH is 1. The number of hydrogen-bond donors (Lipinski definition) is 3. The van der Waals surface area contributed by atoms with E-state index in [1.54, 1.807) is 14.2 Å². The molecule has 1 aromatic rings. The molecule has 0 aliphatic rings. The lowest BCUT2D eigenvalue weighted by Crippen LogP contribution is -2.40. The van der Waals surface area contributed by atoms with Crippen molar-refractivity contribution >= 4 is 21.9 Å². The number of guanidine groups is 1. The van der Waals surface area contributed by atoms with E-state index in [4.69, 9.17) is 9.47 Å². The van der Waals surface area contributed by atoms with E-state index >= 15 is 0 Å². The number of rotatable bonds is 11. The van der Waals surface area contributed by atoms with Crippen molar-refractivity contribution in [2.75, 3.05) is 33.9 Å². The summed E-state index contributed by atoms with van der Waals surface area (Å²) in [5, 5.41) is 15.9. The van der Waals surface area contributed by atoms with E-state index in [1.165, 1.54) is 0 Å². The van der Waals surface area contributed by atoms with Gasteiger partial charge in [0, 0.05) is 24.2 Å². The van der Waals surface area contributed by atoms with E-state index in [-0.39, 0.29) is 6.61 Å². The van der Waals surface area contributed by atoms with Gasteiger partial charge in [0.15, 0.2) is 17.5 Å². The van der Waals surface area contributed by atoms with Crippen LogP contribution in [0, 0.1) is 5.92 Å². The van der Waals surface area contributed by atoms with Gasteiger partial charge in [-0.05, 0) is 43.4 Å². The highest BCUT2D eigenvalue weighted by atomic mass is 79.9. The summed E-state index contributed by atoms with van der Waals surface area (Å²) in [6.45, 7) is 6.52. The Hall–Kier alpha value is -1.47. The molecular formula is C19H32BrN3O3. The molecule has 0 saturated heterocycles. The molecule has 148 valence electrons. The first-order chi connectivity index (χ1) is 12.6. The summed E-state index contributed by atoms with van der Waals surface area (Å²) in [4.78, 5) is 4.67. The van der Waals surface area contributed by atoms with Gasteiger partial charge in [0.2, 0.25) is 0 Å². The molecule has 7 heteroatoms. The van der Waals surface area contributed by atoms with Gasteiger partial charge in [0.1, 0.15) is 0 Å². The third kappa shape index (κ3) is 7.41. The average molecular weight is 430 g/mol. The largest absolute Gasteiger partial charge is 0.493 e. The molecule has 0 saturated carbocycles. The van der Waals surface area contributed by atoms with Crippen LogP contribution in [-0.4, -0.2) is 45.0 Å². The highest BCUT2D eigenvalue weighted by Gasteiger charge is 2.11. The normalized spacial score (nSPS) is 12.6. The Morgan fingerprint density at radius 2 is 1.85 bits per heavy atom. The van der Waals surface area contributed by atoms with Crippen LogP contribution in [0.15, 0.2) is 21.6 Å². The van der Waals surface area contributed by atoms with Crippen molar-refractivity contribution in [1.82, 2.24) is 10.6 Å². The lowest BCUT2D eigenvalue weighted by molar-refractivity contribution is 0.251. The van der Waals surface area contributed by atoms with E-state index in [0.29, 0.717) is 24.0 Å². The van der Waals surface area contributed by atoms with Crippen LogP contribution in [0.5, 0.6) is 11.5 Å². The predicted molar refractivity (Wildman–Crippen MR) is 110 cm³/mol. The molecule has 0 aromatic heterocycles. The van der Waals surface area contributed by atoms with Crippen molar-refractivity contribution in [3.05, 3.63) is 22.2 Å². The van der Waals surface area contributed by atoms with Gasteiger partial charge >= 0.3 is 0 Å². The lowest BCUT2D eigenvalue weighted by Gasteiger charge is -2.18. The van der Waals surface area contributed by atoms with Crippen molar-refractivity contribution in [2.24, 2.45) is 10.9 Å². The third-order valence-electron chi connectivity index (χ3n) is 4.10. The minimum absolute atomic E-state index is 0.221. The number of halogens is 1. The fourth-order valence-electron chi connectivity index (χ4n) is 2.70. The molecule has 1 rings (SSSR count). The van der Waals surface area contributed by atoms with Crippen molar-refractivity contribution in [2.45, 2.75) is 39.7 Å². The Kier molecular flexibility index (Phi) is 11.1. The van der Waals surface area contributed by atoms with Crippen molar-refractivity contribution in [3.8, 4) is 11.5 Å². The molecule has 0 aliphatic carbocycles. The zero-order valence-corrected chi connectivity index (χ0v) is 17.9. The molecule has 26 heavy (non-hydrogen) atoms. The standard InChI is InChI=1S/C19H32BrN3O3/c1-5-7-14(8-9-24)12-22-19(21-6-2)23-13-15-10-17(25-3)18(26-4)11-16(15)20/h10-11,14,24H,5-9,12-13H2,1-4H3,(H2,21,22,23). The molecule has 6 nitrogen and oxygen atoms in total. The third-order valence-corrected chi connectivity index (χ3v) is 4.83. The van der Waals surface area contributed by atoms with Crippen LogP contribution in [0.1, 0.15) is 38.7 Å². The first kappa shape index (κ1) is 22.6. The van der Waals surface area contributed by atoms with Gasteiger partial charge in [-0.1, -0.05) is 29.3 Å². The minimum Gasteiger partial charge on any atom is -0.493 e. The number of aliphatic imine (C=N–C) groups is 1. The summed E-state index contributed by atoms with van der Waals surface area (Å²) < 4.78 is 11.6. The molecule has 0 aliphatic heterocycles. The first-order valence-corrected chi connectivity index (χ1v) is 9.92. The van der Waals surface area contributed by atoms with Crippen LogP contribution in [0.4, 0.5) is 0 Å². The number of nitrogens with one attached hydrogen (secondary N) is 2. The van der Waals surface area contributed by atoms with Gasteiger partial charge in [0.25, 0.3) is 0 Å². The second kappa shape index (κ2) is 12.8. The molecule has 3 N–H and O–H groups in total. The van der Waals surface area contributed by atoms with E-state index in [0.717, 1.165) is 48.3 Å². The lowest BCUT2D eigenvalue weighted by atomic mass is 10.0. The van der Waals surface area contributed by atoms with Gasteiger partial charge in [-0.3, -0.25) is 0 Å². The fourth-order valence-corrected chi connectivity index (χ4v) is 3.15. The summed E-state index contributed by atoms with van der Waals surface area (Å²) >= 11 is 3.57. The zero-order valence-electron chi connectivity index (χ0n) is 16.3. The molecule has 0 fully saturated rings. The van der Waals surface area contributed by atoms with Crippen LogP contribution in [0.25, 0.3) is 0 Å². The van der Waals surface area contributed by atoms with Crippen molar-refractivity contribution in [1.29, 1.82) is 0 Å². The minimum atomic E-state index is 0.221. The van der Waals surface area contributed by atoms with Gasteiger partial charge in [0.05, 0.1) is 20.8 Å². The summed E-state index contributed by atoms with van der Waals surface area (Å²) in [5.74, 6) is 2.59. The summed E-state index contributed by atoms with van der Waals surface area (Å²) in [7, 11) is 3.24. The van der Waals surface area contributed by atoms with Crippen LogP contribution in [0.2, 0.25) is 0 Å². The molecule has 1 unspecified atom stereocenters. The number of hydrogen-bond acceptors (Lipinski definition) is 4. The maximum absolute atomic E-state index is 9.21. The maximum atomic E-state index is 9.21. The fraction of sp³-hybridized carbons (Fsp3) is 0.632. The Labute approximate surface area is 165 Å². The predicted octanol–water partition coefficient (Wildman–Crippen LogP) is 3.32. The van der Waals surface area contributed by atoms with E-state index in [2.05, 4.69) is 38.5 Å². The van der Waals surface area contributed by atoms with Gasteiger partial charge in [-0.2, -0.15) is 0 Å². The smallest absolute Gasteiger partial charge is 0.191 e. The maximum Gasteiger partial charge on any atom is 0.191 e. The summed E-state index contributed by atoms with van der Waals surface area (Å²) in [6, 6.07) is 3.82. The van der Waals surface area contributed by atoms with Gasteiger partial charge in [-0.15, -0.1) is 0 Å². The van der Waals surface area contributed by atoms with E-state index in [1.807, 2.05) is 19.1 Å². The Morgan fingerprint density at radius 1 is 1.15 bits per heavy atom. The molecule has 1 aromatic carbocycles. The first-order valence-electron chi connectivity index (χ1n) is 9.12. The van der Waals surface area contributed by atoms with Crippen LogP contribution in [-0.2, 0) is 6.54 Å². The quantitative estimate of drug-likeness (QED) is 0.371. The van der Waals surface area contributed by atoms with Crippen LogP contribution >= 0.6 is 15.9 Å². The van der Waals surface area contributed by atoms with Crippen molar-refractivity contribution < 1.29 is 14.6 Å². The molecule has 1 atom stereocenters. The second-order valence-electron chi connectivity index (χ2n) is 6.04. The van der Waals surface area contributed by atoms with E-state index in [9.17, 15) is 5.11 Å². The molecule has 0 radical (unpaired) electrons. The topological polar surface area (TPSA) is 75.1 Å². The molecule has 0 spiro atoms. The van der Waals surface area contributed by atoms with Crippen LogP contribution in [0.3, 0.4) is 0 Å². The number of ether oxygens (including phenoxy) is 2. The van der Waals surface area contributed by atoms with Gasteiger partial charge < -0.3 is 25.2 Å². The van der Waals surface area contributed by atoms with Crippen LogP contribution < -0.4 is 20.1 Å². The monoisotopic (exact) mass is 429 g/mol. The molecular weight excluding hydrogens is 398 g/mol. The number of aliphatic hydroxyl groups is 1. The van der Waals surface area contributed by atoms with Crippen molar-refractivity contribution in [3.63, 3.8) is 0 Å². The highest BCUT2D eigenvalue weighted by molar-refractivity contribution is 9.10. The Balaban J connectivity index is 2.82. The Morgan fingerprint density at radius 3 is 2.42 bits per heavy atom. The molecule has 0 bridgehead atoms.